The van der Waals surface area contributed by atoms with Gasteiger partial charge in [0.05, 0.1) is 16.6 Å². The first-order valence-corrected chi connectivity index (χ1v) is 11.5. The molecule has 2 aromatic carbocycles. The molecule has 1 amide bonds. The van der Waals surface area contributed by atoms with E-state index in [-0.39, 0.29) is 16.7 Å². The van der Waals surface area contributed by atoms with Crippen molar-refractivity contribution < 1.29 is 27.1 Å². The Morgan fingerprint density at radius 1 is 1.19 bits per heavy atom. The van der Waals surface area contributed by atoms with Gasteiger partial charge in [-0.1, -0.05) is 6.92 Å². The number of benzene rings is 2. The molecule has 2 atom stereocenters. The van der Waals surface area contributed by atoms with Gasteiger partial charge in [-0.3, -0.25) is 9.62 Å². The highest BCUT2D eigenvalue weighted by Gasteiger charge is 2.40. The van der Waals surface area contributed by atoms with E-state index in [4.69, 9.17) is 9.47 Å². The number of sulfonamides is 1. The van der Waals surface area contributed by atoms with E-state index in [1.165, 1.54) is 22.5 Å². The smallest absolute Gasteiger partial charge is 0.412 e. The first-order chi connectivity index (χ1) is 14.4. The van der Waals surface area contributed by atoms with Crippen LogP contribution >= 0.6 is 0 Å². The standard InChI is InChI=1S/C22H27FN2O5S/c1-6-19-14(2)25(31(27,28)17-10-7-15(23)8-11-17)18-13-16(9-12-20(18)29-19)24-21(26)30-22(3,4)5/h7-14,19H,6H2,1-5H3,(H,24,26). The zero-order valence-electron chi connectivity index (χ0n) is 18.2. The summed E-state index contributed by atoms with van der Waals surface area (Å²) in [6.07, 6.45) is -0.433. The number of amides is 1. The molecular formula is C22H27FN2O5S. The molecule has 1 heterocycles. The Labute approximate surface area is 182 Å². The van der Waals surface area contributed by atoms with Gasteiger partial charge in [0, 0.05) is 5.69 Å². The van der Waals surface area contributed by atoms with Crippen molar-refractivity contribution in [3.05, 3.63) is 48.3 Å². The van der Waals surface area contributed by atoms with Crippen molar-refractivity contribution in [1.82, 2.24) is 0 Å². The highest BCUT2D eigenvalue weighted by atomic mass is 32.2. The second kappa shape index (κ2) is 8.37. The second-order valence-corrected chi connectivity index (χ2v) is 10.2. The van der Waals surface area contributed by atoms with Gasteiger partial charge in [0.2, 0.25) is 0 Å². The molecule has 0 radical (unpaired) electrons. The summed E-state index contributed by atoms with van der Waals surface area (Å²) < 4.78 is 52.9. The minimum Gasteiger partial charge on any atom is -0.486 e. The lowest BCUT2D eigenvalue weighted by Gasteiger charge is -2.40. The van der Waals surface area contributed by atoms with Crippen LogP contribution in [0.15, 0.2) is 47.4 Å². The van der Waals surface area contributed by atoms with E-state index in [0.29, 0.717) is 17.9 Å². The fraction of sp³-hybridized carbons (Fsp3) is 0.409. The predicted molar refractivity (Wildman–Crippen MR) is 117 cm³/mol. The second-order valence-electron chi connectivity index (χ2n) is 8.37. The number of nitrogens with zero attached hydrogens (tertiary/aromatic N) is 1. The molecule has 1 aliphatic heterocycles. The normalized spacial score (nSPS) is 18.7. The first-order valence-electron chi connectivity index (χ1n) is 10.0. The van der Waals surface area contributed by atoms with Crippen molar-refractivity contribution >= 4 is 27.5 Å². The molecule has 2 unspecified atom stereocenters. The molecule has 0 bridgehead atoms. The monoisotopic (exact) mass is 450 g/mol. The van der Waals surface area contributed by atoms with Gasteiger partial charge in [-0.05, 0) is 76.6 Å². The number of halogens is 1. The maximum absolute atomic E-state index is 13.5. The Morgan fingerprint density at radius 3 is 2.42 bits per heavy atom. The molecule has 0 fully saturated rings. The minimum atomic E-state index is -4.02. The van der Waals surface area contributed by atoms with Crippen LogP contribution in [-0.4, -0.2) is 32.3 Å². The average molecular weight is 451 g/mol. The average Bonchev–Trinajstić information content (AvgIpc) is 2.66. The first kappa shape index (κ1) is 22.9. The Hall–Kier alpha value is -2.81. The SMILES string of the molecule is CCC1Oc2ccc(NC(=O)OC(C)(C)C)cc2N(S(=O)(=O)c2ccc(F)cc2)C1C. The summed E-state index contributed by atoms with van der Waals surface area (Å²) in [6.45, 7) is 8.91. The molecule has 31 heavy (non-hydrogen) atoms. The third-order valence-corrected chi connectivity index (χ3v) is 6.72. The van der Waals surface area contributed by atoms with Crippen LogP contribution in [0.2, 0.25) is 0 Å². The Balaban J connectivity index is 2.04. The van der Waals surface area contributed by atoms with Gasteiger partial charge in [0.1, 0.15) is 23.3 Å². The molecule has 3 rings (SSSR count). The predicted octanol–water partition coefficient (Wildman–Crippen LogP) is 4.93. The molecule has 0 saturated carbocycles. The summed E-state index contributed by atoms with van der Waals surface area (Å²) in [4.78, 5) is 12.1. The van der Waals surface area contributed by atoms with Crippen LogP contribution in [0.4, 0.5) is 20.6 Å². The molecule has 0 spiro atoms. The zero-order valence-corrected chi connectivity index (χ0v) is 19.0. The lowest BCUT2D eigenvalue weighted by atomic mass is 10.1. The van der Waals surface area contributed by atoms with Gasteiger partial charge in [-0.2, -0.15) is 0 Å². The highest BCUT2D eigenvalue weighted by molar-refractivity contribution is 7.92. The van der Waals surface area contributed by atoms with E-state index in [0.717, 1.165) is 12.1 Å². The third-order valence-electron chi connectivity index (χ3n) is 4.80. The summed E-state index contributed by atoms with van der Waals surface area (Å²) in [5.74, 6) is -0.143. The van der Waals surface area contributed by atoms with E-state index < -0.39 is 33.6 Å². The van der Waals surface area contributed by atoms with E-state index in [9.17, 15) is 17.6 Å². The number of rotatable bonds is 4. The fourth-order valence-corrected chi connectivity index (χ4v) is 5.10. The lowest BCUT2D eigenvalue weighted by molar-refractivity contribution is 0.0636. The summed E-state index contributed by atoms with van der Waals surface area (Å²) in [6, 6.07) is 8.92. The number of carbonyl (C=O) groups is 1. The highest BCUT2D eigenvalue weighted by Crippen LogP contribution is 2.42. The zero-order chi connectivity index (χ0) is 23.0. The van der Waals surface area contributed by atoms with E-state index in [1.807, 2.05) is 6.92 Å². The van der Waals surface area contributed by atoms with Crippen molar-refractivity contribution in [2.75, 3.05) is 9.62 Å². The topological polar surface area (TPSA) is 84.9 Å². The van der Waals surface area contributed by atoms with Crippen LogP contribution in [0, 0.1) is 5.82 Å². The van der Waals surface area contributed by atoms with Gasteiger partial charge in [-0.25, -0.2) is 17.6 Å². The van der Waals surface area contributed by atoms with Crippen LogP contribution in [0.3, 0.4) is 0 Å². The third kappa shape index (κ3) is 4.92. The van der Waals surface area contributed by atoms with Crippen molar-refractivity contribution in [1.29, 1.82) is 0 Å². The van der Waals surface area contributed by atoms with Crippen molar-refractivity contribution in [3.8, 4) is 5.75 Å². The number of nitrogens with one attached hydrogen (secondary N) is 1. The molecular weight excluding hydrogens is 423 g/mol. The molecule has 9 heteroatoms. The van der Waals surface area contributed by atoms with Gasteiger partial charge in [0.15, 0.2) is 0 Å². The van der Waals surface area contributed by atoms with Crippen molar-refractivity contribution in [2.24, 2.45) is 0 Å². The molecule has 0 aliphatic carbocycles. The van der Waals surface area contributed by atoms with Crippen molar-refractivity contribution in [2.45, 2.75) is 63.7 Å². The van der Waals surface area contributed by atoms with E-state index in [2.05, 4.69) is 5.32 Å². The fourth-order valence-electron chi connectivity index (χ4n) is 3.41. The summed E-state index contributed by atoms with van der Waals surface area (Å²) in [5, 5.41) is 2.62. The summed E-state index contributed by atoms with van der Waals surface area (Å²) in [7, 11) is -4.02. The Bertz CT molecular complexity index is 1060. The van der Waals surface area contributed by atoms with Crippen LogP contribution in [0.1, 0.15) is 41.0 Å². The van der Waals surface area contributed by atoms with Gasteiger partial charge < -0.3 is 9.47 Å². The number of hydrogen-bond acceptors (Lipinski definition) is 5. The summed E-state index contributed by atoms with van der Waals surface area (Å²) >= 11 is 0. The maximum atomic E-state index is 13.5. The Kier molecular flexibility index (Phi) is 6.18. The number of anilines is 2. The molecule has 0 saturated heterocycles. The minimum absolute atomic E-state index is 0.0334. The molecule has 7 nitrogen and oxygen atoms in total. The quantitative estimate of drug-likeness (QED) is 0.714. The molecule has 1 aliphatic rings. The molecule has 0 aromatic heterocycles. The molecule has 2 aromatic rings. The van der Waals surface area contributed by atoms with Gasteiger partial charge >= 0.3 is 6.09 Å². The van der Waals surface area contributed by atoms with Crippen LogP contribution in [0.5, 0.6) is 5.75 Å². The van der Waals surface area contributed by atoms with Crippen LogP contribution in [0.25, 0.3) is 0 Å². The van der Waals surface area contributed by atoms with Crippen LogP contribution in [-0.2, 0) is 14.8 Å². The maximum Gasteiger partial charge on any atom is 0.412 e. The van der Waals surface area contributed by atoms with E-state index >= 15 is 0 Å². The molecule has 168 valence electrons. The number of fused-ring (bicyclic) bond motifs is 1. The number of ether oxygens (including phenoxy) is 2. The number of carbonyl (C=O) groups excluding carboxylic acids is 1. The van der Waals surface area contributed by atoms with Crippen molar-refractivity contribution in [3.63, 3.8) is 0 Å². The van der Waals surface area contributed by atoms with Crippen LogP contribution < -0.4 is 14.4 Å². The summed E-state index contributed by atoms with van der Waals surface area (Å²) in [5.41, 5.74) is -0.0319. The number of hydrogen-bond donors (Lipinski definition) is 1. The largest absolute Gasteiger partial charge is 0.486 e. The Morgan fingerprint density at radius 2 is 1.84 bits per heavy atom. The lowest BCUT2D eigenvalue weighted by Crippen LogP contribution is -2.50. The van der Waals surface area contributed by atoms with E-state index in [1.54, 1.807) is 39.8 Å². The van der Waals surface area contributed by atoms with Gasteiger partial charge in [-0.15, -0.1) is 0 Å². The molecule has 1 N–H and O–H groups in total. The van der Waals surface area contributed by atoms with Gasteiger partial charge in [0.25, 0.3) is 10.0 Å².